The minimum atomic E-state index is -1.09. The third-order valence-electron chi connectivity index (χ3n) is 5.79. The number of carbonyl (C=O) groups is 1. The van der Waals surface area contributed by atoms with Gasteiger partial charge in [0.15, 0.2) is 11.5 Å². The maximum Gasteiger partial charge on any atom is 0.259 e. The quantitative estimate of drug-likeness (QED) is 0.586. The molecule has 3 atom stereocenters. The third kappa shape index (κ3) is 3.03. The first-order valence-corrected chi connectivity index (χ1v) is 9.91. The highest BCUT2D eigenvalue weighted by Crippen LogP contribution is 2.38. The van der Waals surface area contributed by atoms with E-state index in [2.05, 4.69) is 20.4 Å². The minimum absolute atomic E-state index is 0.0765. The number of fused-ring (bicyclic) bond motifs is 5. The summed E-state index contributed by atoms with van der Waals surface area (Å²) in [4.78, 5) is 23.6. The molecule has 1 saturated heterocycles. The van der Waals surface area contributed by atoms with Gasteiger partial charge in [0.1, 0.15) is 23.4 Å². The van der Waals surface area contributed by atoms with E-state index in [1.165, 1.54) is 16.8 Å². The largest absolute Gasteiger partial charge is 0.381 e. The normalized spacial score (nSPS) is 24.0. The van der Waals surface area contributed by atoms with E-state index in [9.17, 15) is 13.6 Å². The van der Waals surface area contributed by atoms with Gasteiger partial charge in [-0.1, -0.05) is 0 Å². The second-order valence-corrected chi connectivity index (χ2v) is 7.92. The second kappa shape index (κ2) is 6.89. The average molecular weight is 413 g/mol. The molecule has 0 aromatic carbocycles. The molecule has 5 rings (SSSR count). The number of hydrogen-bond donors (Lipinski definition) is 2. The molecular formula is C20H21F2N7O. The van der Waals surface area contributed by atoms with Gasteiger partial charge in [0, 0.05) is 24.4 Å². The van der Waals surface area contributed by atoms with Crippen molar-refractivity contribution in [3.8, 4) is 0 Å². The van der Waals surface area contributed by atoms with Crippen molar-refractivity contribution in [1.29, 1.82) is 0 Å². The van der Waals surface area contributed by atoms with Crippen LogP contribution in [0.3, 0.4) is 0 Å². The van der Waals surface area contributed by atoms with Crippen LogP contribution < -0.4 is 16.0 Å². The molecule has 2 bridgehead atoms. The molecule has 0 radical (unpaired) electrons. The fourth-order valence-electron chi connectivity index (χ4n) is 4.35. The van der Waals surface area contributed by atoms with Crippen molar-refractivity contribution in [3.05, 3.63) is 47.2 Å². The SMILES string of the molecule is C[C@@H]1CCc2ncc(F)cc2[C@@H]2CC(F)CN2c2ccn3nc(N)c(c3n2)C(=O)N1. The van der Waals surface area contributed by atoms with E-state index >= 15 is 0 Å². The molecule has 3 aromatic rings. The zero-order valence-corrected chi connectivity index (χ0v) is 16.3. The Bertz CT molecular complexity index is 1150. The molecule has 2 aliphatic rings. The molecule has 0 saturated carbocycles. The maximum atomic E-state index is 14.5. The summed E-state index contributed by atoms with van der Waals surface area (Å²) >= 11 is 0. The topological polar surface area (TPSA) is 101 Å². The Morgan fingerprint density at radius 2 is 2.20 bits per heavy atom. The van der Waals surface area contributed by atoms with Gasteiger partial charge in [0.25, 0.3) is 5.91 Å². The van der Waals surface area contributed by atoms with Gasteiger partial charge >= 0.3 is 0 Å². The highest BCUT2D eigenvalue weighted by atomic mass is 19.1. The van der Waals surface area contributed by atoms with Crippen LogP contribution in [0.2, 0.25) is 0 Å². The lowest BCUT2D eigenvalue weighted by molar-refractivity contribution is 0.0940. The Morgan fingerprint density at radius 1 is 1.37 bits per heavy atom. The van der Waals surface area contributed by atoms with Crippen molar-refractivity contribution in [2.24, 2.45) is 0 Å². The Kier molecular flexibility index (Phi) is 4.30. The van der Waals surface area contributed by atoms with Crippen LogP contribution in [0.5, 0.6) is 0 Å². The molecule has 156 valence electrons. The summed E-state index contributed by atoms with van der Waals surface area (Å²) in [5.41, 5.74) is 7.84. The van der Waals surface area contributed by atoms with Crippen molar-refractivity contribution in [2.75, 3.05) is 17.2 Å². The van der Waals surface area contributed by atoms with E-state index in [1.54, 1.807) is 17.2 Å². The number of amides is 1. The smallest absolute Gasteiger partial charge is 0.259 e. The summed E-state index contributed by atoms with van der Waals surface area (Å²) in [5.74, 6) is -0.278. The van der Waals surface area contributed by atoms with E-state index in [0.29, 0.717) is 35.6 Å². The van der Waals surface area contributed by atoms with E-state index in [0.717, 1.165) is 0 Å². The molecule has 2 aliphatic heterocycles. The Morgan fingerprint density at radius 3 is 3.03 bits per heavy atom. The van der Waals surface area contributed by atoms with Crippen molar-refractivity contribution < 1.29 is 13.6 Å². The number of nitrogens with two attached hydrogens (primary N) is 1. The van der Waals surface area contributed by atoms with Crippen LogP contribution >= 0.6 is 0 Å². The average Bonchev–Trinajstić information content (AvgIpc) is 3.24. The Balaban J connectivity index is 1.72. The lowest BCUT2D eigenvalue weighted by Crippen LogP contribution is -2.33. The molecule has 5 heterocycles. The molecule has 3 N–H and O–H groups in total. The van der Waals surface area contributed by atoms with E-state index in [1.807, 2.05) is 6.92 Å². The number of aromatic nitrogens is 4. The monoisotopic (exact) mass is 413 g/mol. The molecule has 30 heavy (non-hydrogen) atoms. The number of hydrogen-bond acceptors (Lipinski definition) is 6. The zero-order chi connectivity index (χ0) is 21.0. The number of nitrogens with one attached hydrogen (secondary N) is 1. The number of nitrogen functional groups attached to an aromatic ring is 1. The number of alkyl halides is 1. The highest BCUT2D eigenvalue weighted by molar-refractivity contribution is 6.04. The van der Waals surface area contributed by atoms with Gasteiger partial charge in [-0.3, -0.25) is 9.78 Å². The lowest BCUT2D eigenvalue weighted by Gasteiger charge is -2.27. The summed E-state index contributed by atoms with van der Waals surface area (Å²) < 4.78 is 30.1. The predicted molar refractivity (Wildman–Crippen MR) is 106 cm³/mol. The van der Waals surface area contributed by atoms with Crippen molar-refractivity contribution in [3.63, 3.8) is 0 Å². The van der Waals surface area contributed by atoms with Crippen LogP contribution in [0.1, 0.15) is 47.4 Å². The minimum Gasteiger partial charge on any atom is -0.381 e. The number of pyridine rings is 1. The maximum absolute atomic E-state index is 14.5. The first-order chi connectivity index (χ1) is 14.4. The predicted octanol–water partition coefficient (Wildman–Crippen LogP) is 2.20. The van der Waals surface area contributed by atoms with Gasteiger partial charge in [0.2, 0.25) is 0 Å². The zero-order valence-electron chi connectivity index (χ0n) is 16.3. The molecule has 8 nitrogen and oxygen atoms in total. The number of anilines is 2. The van der Waals surface area contributed by atoms with E-state index in [-0.39, 0.29) is 36.3 Å². The summed E-state index contributed by atoms with van der Waals surface area (Å²) in [6, 6.07) is 2.53. The van der Waals surface area contributed by atoms with Crippen molar-refractivity contribution >= 4 is 23.2 Å². The molecule has 1 amide bonds. The first-order valence-electron chi connectivity index (χ1n) is 9.91. The Labute approximate surface area is 171 Å². The van der Waals surface area contributed by atoms with Crippen molar-refractivity contribution in [1.82, 2.24) is 24.9 Å². The molecular weight excluding hydrogens is 392 g/mol. The fraction of sp³-hybridized carbons (Fsp3) is 0.400. The second-order valence-electron chi connectivity index (χ2n) is 7.92. The Hall–Kier alpha value is -3.30. The van der Waals surface area contributed by atoms with Crippen LogP contribution in [-0.4, -0.2) is 44.2 Å². The van der Waals surface area contributed by atoms with Gasteiger partial charge in [-0.15, -0.1) is 5.10 Å². The molecule has 10 heteroatoms. The number of nitrogens with zero attached hydrogens (tertiary/aromatic N) is 5. The first kappa shape index (κ1) is 18.7. The molecule has 0 spiro atoms. The summed E-state index contributed by atoms with van der Waals surface area (Å²) in [6.07, 6.45) is 3.04. The van der Waals surface area contributed by atoms with Gasteiger partial charge in [-0.05, 0) is 37.5 Å². The van der Waals surface area contributed by atoms with Crippen LogP contribution in [0.25, 0.3) is 5.65 Å². The summed E-state index contributed by atoms with van der Waals surface area (Å²) in [5, 5.41) is 7.10. The van der Waals surface area contributed by atoms with E-state index < -0.39 is 18.0 Å². The van der Waals surface area contributed by atoms with Crippen LogP contribution in [0.4, 0.5) is 20.4 Å². The molecule has 1 unspecified atom stereocenters. The number of rotatable bonds is 0. The lowest BCUT2D eigenvalue weighted by atomic mass is 9.98. The van der Waals surface area contributed by atoms with Gasteiger partial charge in [-0.2, -0.15) is 0 Å². The highest BCUT2D eigenvalue weighted by Gasteiger charge is 2.36. The van der Waals surface area contributed by atoms with Crippen LogP contribution in [-0.2, 0) is 6.42 Å². The summed E-state index contributed by atoms with van der Waals surface area (Å²) in [7, 11) is 0. The molecule has 1 fully saturated rings. The van der Waals surface area contributed by atoms with Gasteiger partial charge in [0.05, 0.1) is 18.8 Å². The van der Waals surface area contributed by atoms with Crippen molar-refractivity contribution in [2.45, 2.75) is 44.4 Å². The third-order valence-corrected chi connectivity index (χ3v) is 5.79. The number of aryl methyl sites for hydroxylation is 1. The number of carbonyl (C=O) groups excluding carboxylic acids is 1. The molecule has 0 aliphatic carbocycles. The molecule has 3 aromatic heterocycles. The van der Waals surface area contributed by atoms with E-state index in [4.69, 9.17) is 5.73 Å². The fourth-order valence-corrected chi connectivity index (χ4v) is 4.35. The van der Waals surface area contributed by atoms with Crippen LogP contribution in [0.15, 0.2) is 24.5 Å². The van der Waals surface area contributed by atoms with Gasteiger partial charge < -0.3 is 16.0 Å². The van der Waals surface area contributed by atoms with Gasteiger partial charge in [-0.25, -0.2) is 18.3 Å². The summed E-state index contributed by atoms with van der Waals surface area (Å²) in [6.45, 7) is 1.99. The number of halogens is 2. The van der Waals surface area contributed by atoms with Crippen LogP contribution in [0, 0.1) is 5.82 Å². The standard InChI is InChI=1S/C20H21F2N7O/c1-10-2-3-14-13(6-11(21)8-24-14)15-7-12(22)9-28(15)16-4-5-29-19(26-16)17(18(23)27-29)20(30)25-10/h4-6,8,10,12,15H,2-3,7,9H2,1H3,(H2,23,27)(H,25,30)/t10-,12?,15+/m1/s1.